The highest BCUT2D eigenvalue weighted by Gasteiger charge is 2.30. The highest BCUT2D eigenvalue weighted by molar-refractivity contribution is 6.06. The summed E-state index contributed by atoms with van der Waals surface area (Å²) in [5.41, 5.74) is 1.97. The quantitative estimate of drug-likeness (QED) is 0.731. The van der Waals surface area contributed by atoms with Gasteiger partial charge in [-0.25, -0.2) is 4.79 Å². The van der Waals surface area contributed by atoms with E-state index in [0.717, 1.165) is 18.5 Å². The number of carbonyl (C=O) groups excluding carboxylic acids is 2. The molecular weight excluding hydrogens is 298 g/mol. The van der Waals surface area contributed by atoms with Crippen molar-refractivity contribution in [3.05, 3.63) is 29.8 Å². The largest absolute Gasteiger partial charge is 0.465 e. The van der Waals surface area contributed by atoms with Crippen molar-refractivity contribution in [3.8, 4) is 0 Å². The van der Waals surface area contributed by atoms with Crippen molar-refractivity contribution in [2.45, 2.75) is 31.2 Å². The fraction of sp³-hybridized carbons (Fsp3) is 0.438. The number of hydrogen-bond donors (Lipinski definition) is 3. The van der Waals surface area contributed by atoms with Gasteiger partial charge in [0.1, 0.15) is 6.04 Å². The molecule has 0 bridgehead atoms. The minimum absolute atomic E-state index is 0.161. The molecular formula is C16H19N3O4. The number of likely N-dealkylation sites (tertiary alicyclic amines) is 1. The number of piperidine rings is 1. The number of anilines is 1. The summed E-state index contributed by atoms with van der Waals surface area (Å²) in [6, 6.07) is 7.28. The predicted octanol–water partition coefficient (Wildman–Crippen LogP) is 1.37. The van der Waals surface area contributed by atoms with E-state index in [1.54, 1.807) is 0 Å². The monoisotopic (exact) mass is 317 g/mol. The fourth-order valence-corrected chi connectivity index (χ4v) is 3.13. The maximum atomic E-state index is 11.5. The first kappa shape index (κ1) is 15.3. The molecule has 0 spiro atoms. The maximum Gasteiger partial charge on any atom is 0.407 e. The van der Waals surface area contributed by atoms with E-state index < -0.39 is 12.1 Å². The second kappa shape index (κ2) is 6.28. The van der Waals surface area contributed by atoms with E-state index in [1.165, 1.54) is 10.5 Å². The third-order valence-electron chi connectivity index (χ3n) is 4.46. The second-order valence-corrected chi connectivity index (χ2v) is 5.98. The Bertz CT molecular complexity index is 621. The van der Waals surface area contributed by atoms with Gasteiger partial charge in [-0.05, 0) is 36.5 Å². The Balaban J connectivity index is 1.58. The number of nitrogens with zero attached hydrogens (tertiary/aromatic N) is 1. The molecule has 3 rings (SSSR count). The average Bonchev–Trinajstić information content (AvgIpc) is 2.86. The second-order valence-electron chi connectivity index (χ2n) is 5.98. The number of imide groups is 1. The van der Waals surface area contributed by atoms with Crippen LogP contribution in [0, 0.1) is 0 Å². The topological polar surface area (TPSA) is 98.7 Å². The Morgan fingerprint density at radius 3 is 2.35 bits per heavy atom. The van der Waals surface area contributed by atoms with Crippen molar-refractivity contribution in [3.63, 3.8) is 0 Å². The fourth-order valence-electron chi connectivity index (χ4n) is 3.13. The van der Waals surface area contributed by atoms with E-state index in [1.807, 2.05) is 24.3 Å². The minimum atomic E-state index is -0.854. The van der Waals surface area contributed by atoms with Crippen molar-refractivity contribution in [2.75, 3.05) is 18.4 Å². The molecule has 1 atom stereocenters. The number of nitrogens with one attached hydrogen (secondary N) is 2. The van der Waals surface area contributed by atoms with Gasteiger partial charge < -0.3 is 15.3 Å². The Kier molecular flexibility index (Phi) is 4.18. The van der Waals surface area contributed by atoms with Gasteiger partial charge in [0.2, 0.25) is 11.8 Å². The van der Waals surface area contributed by atoms with E-state index in [4.69, 9.17) is 5.11 Å². The Hall–Kier alpha value is -2.57. The summed E-state index contributed by atoms with van der Waals surface area (Å²) in [7, 11) is 0. The lowest BCUT2D eigenvalue weighted by Crippen LogP contribution is -2.36. The van der Waals surface area contributed by atoms with Crippen molar-refractivity contribution >= 4 is 23.6 Å². The van der Waals surface area contributed by atoms with Crippen molar-refractivity contribution in [1.82, 2.24) is 10.2 Å². The summed E-state index contributed by atoms with van der Waals surface area (Å²) in [4.78, 5) is 35.1. The molecule has 3 N–H and O–H groups in total. The van der Waals surface area contributed by atoms with Gasteiger partial charge in [-0.2, -0.15) is 0 Å². The van der Waals surface area contributed by atoms with Crippen LogP contribution in [0.5, 0.6) is 0 Å². The van der Waals surface area contributed by atoms with Gasteiger partial charge in [0.15, 0.2) is 0 Å². The predicted molar refractivity (Wildman–Crippen MR) is 83.2 cm³/mol. The summed E-state index contributed by atoms with van der Waals surface area (Å²) < 4.78 is 0. The van der Waals surface area contributed by atoms with Gasteiger partial charge in [-0.15, -0.1) is 0 Å². The zero-order valence-corrected chi connectivity index (χ0v) is 12.6. The van der Waals surface area contributed by atoms with Crippen LogP contribution in [-0.4, -0.2) is 47.0 Å². The Labute approximate surface area is 133 Å². The van der Waals surface area contributed by atoms with Crippen molar-refractivity contribution in [2.24, 2.45) is 0 Å². The molecule has 0 aromatic heterocycles. The first-order valence-corrected chi connectivity index (χ1v) is 7.71. The van der Waals surface area contributed by atoms with Crippen LogP contribution in [0.3, 0.4) is 0 Å². The molecule has 0 saturated carbocycles. The SMILES string of the molecule is O=C1CC(Nc2ccc(C3CCN(C(=O)O)CC3)cc2)C(=O)N1. The lowest BCUT2D eigenvalue weighted by molar-refractivity contribution is -0.124. The summed E-state index contributed by atoms with van der Waals surface area (Å²) in [6.45, 7) is 1.12. The van der Waals surface area contributed by atoms with Gasteiger partial charge in [-0.1, -0.05) is 12.1 Å². The molecule has 1 unspecified atom stereocenters. The molecule has 2 heterocycles. The third kappa shape index (κ3) is 3.44. The van der Waals surface area contributed by atoms with Crippen LogP contribution >= 0.6 is 0 Å². The van der Waals surface area contributed by atoms with E-state index in [2.05, 4.69) is 10.6 Å². The Morgan fingerprint density at radius 2 is 1.83 bits per heavy atom. The van der Waals surface area contributed by atoms with Crippen LogP contribution in [-0.2, 0) is 9.59 Å². The molecule has 23 heavy (non-hydrogen) atoms. The van der Waals surface area contributed by atoms with Crippen molar-refractivity contribution in [1.29, 1.82) is 0 Å². The van der Waals surface area contributed by atoms with Gasteiger partial charge in [0, 0.05) is 18.8 Å². The minimum Gasteiger partial charge on any atom is -0.465 e. The summed E-state index contributed by atoms with van der Waals surface area (Å²) in [5.74, 6) is -0.189. The smallest absolute Gasteiger partial charge is 0.407 e. The summed E-state index contributed by atoms with van der Waals surface area (Å²) in [6.07, 6.45) is 0.943. The summed E-state index contributed by atoms with van der Waals surface area (Å²) >= 11 is 0. The normalized spacial score (nSPS) is 22.1. The van der Waals surface area contributed by atoms with Gasteiger partial charge in [-0.3, -0.25) is 14.9 Å². The first-order chi connectivity index (χ1) is 11.0. The van der Waals surface area contributed by atoms with E-state index in [0.29, 0.717) is 19.0 Å². The number of hydrogen-bond acceptors (Lipinski definition) is 4. The highest BCUT2D eigenvalue weighted by atomic mass is 16.4. The third-order valence-corrected chi connectivity index (χ3v) is 4.46. The van der Waals surface area contributed by atoms with Crippen LogP contribution in [0.2, 0.25) is 0 Å². The summed E-state index contributed by atoms with van der Waals surface area (Å²) in [5, 5.41) is 14.3. The highest BCUT2D eigenvalue weighted by Crippen LogP contribution is 2.29. The maximum absolute atomic E-state index is 11.5. The molecule has 1 aromatic rings. The van der Waals surface area contributed by atoms with E-state index in [9.17, 15) is 14.4 Å². The molecule has 0 radical (unpaired) electrons. The molecule has 2 aliphatic rings. The zero-order chi connectivity index (χ0) is 16.4. The molecule has 2 aliphatic heterocycles. The Morgan fingerprint density at radius 1 is 1.17 bits per heavy atom. The molecule has 7 heteroatoms. The van der Waals surface area contributed by atoms with Crippen LogP contribution in [0.4, 0.5) is 10.5 Å². The van der Waals surface area contributed by atoms with Gasteiger partial charge >= 0.3 is 6.09 Å². The molecule has 2 saturated heterocycles. The lowest BCUT2D eigenvalue weighted by atomic mass is 9.89. The molecule has 122 valence electrons. The van der Waals surface area contributed by atoms with Crippen LogP contribution in [0.1, 0.15) is 30.7 Å². The number of carbonyl (C=O) groups is 3. The molecule has 7 nitrogen and oxygen atoms in total. The zero-order valence-electron chi connectivity index (χ0n) is 12.6. The van der Waals surface area contributed by atoms with Crippen LogP contribution in [0.25, 0.3) is 0 Å². The average molecular weight is 317 g/mol. The number of carboxylic acid groups (broad SMARTS) is 1. The first-order valence-electron chi connectivity index (χ1n) is 7.71. The molecule has 1 aromatic carbocycles. The van der Waals surface area contributed by atoms with Gasteiger partial charge in [0.05, 0.1) is 6.42 Å². The number of amides is 3. The van der Waals surface area contributed by atoms with Crippen molar-refractivity contribution < 1.29 is 19.5 Å². The molecule has 2 fully saturated rings. The van der Waals surface area contributed by atoms with Gasteiger partial charge in [0.25, 0.3) is 0 Å². The molecule has 3 amide bonds. The molecule has 0 aliphatic carbocycles. The van der Waals surface area contributed by atoms with E-state index >= 15 is 0 Å². The van der Waals surface area contributed by atoms with Crippen LogP contribution in [0.15, 0.2) is 24.3 Å². The standard InChI is InChI=1S/C16H19N3O4/c20-14-9-13(15(21)18-14)17-12-3-1-10(2-4-12)11-5-7-19(8-6-11)16(22)23/h1-4,11,13,17H,5-9H2,(H,22,23)(H,18,20,21). The number of rotatable bonds is 3. The number of benzene rings is 1. The van der Waals surface area contributed by atoms with Crippen LogP contribution < -0.4 is 10.6 Å². The van der Waals surface area contributed by atoms with E-state index in [-0.39, 0.29) is 18.2 Å². The lowest BCUT2D eigenvalue weighted by Gasteiger charge is -2.30.